The summed E-state index contributed by atoms with van der Waals surface area (Å²) in [4.78, 5) is 17.2. The fourth-order valence-corrected chi connectivity index (χ4v) is 1.75. The molecular formula is C12H23NO2. The van der Waals surface area contributed by atoms with E-state index in [2.05, 4.69) is 6.92 Å². The summed E-state index contributed by atoms with van der Waals surface area (Å²) < 4.78 is 0. The Balaban J connectivity index is 2.52. The van der Waals surface area contributed by atoms with Crippen LogP contribution >= 0.6 is 0 Å². The van der Waals surface area contributed by atoms with E-state index in [0.29, 0.717) is 6.04 Å². The van der Waals surface area contributed by atoms with Crippen LogP contribution in [0, 0.1) is 5.41 Å². The standard InChI is InChI=1S/C12H23NO2/c1-5-10-8-6-7-9-13(10)15-11(14)12(2,3)4/h10H,5-9H2,1-4H3. The van der Waals surface area contributed by atoms with Crippen molar-refractivity contribution in [3.8, 4) is 0 Å². The molecule has 3 nitrogen and oxygen atoms in total. The Bertz CT molecular complexity index is 220. The first-order valence-electron chi connectivity index (χ1n) is 5.94. The first-order valence-corrected chi connectivity index (χ1v) is 5.94. The lowest BCUT2D eigenvalue weighted by molar-refractivity contribution is -0.217. The molecule has 0 aromatic carbocycles. The van der Waals surface area contributed by atoms with E-state index < -0.39 is 5.41 Å². The highest BCUT2D eigenvalue weighted by Gasteiger charge is 2.29. The summed E-state index contributed by atoms with van der Waals surface area (Å²) in [6.07, 6.45) is 4.58. The van der Waals surface area contributed by atoms with Crippen LogP contribution in [0.1, 0.15) is 53.4 Å². The van der Waals surface area contributed by atoms with E-state index in [-0.39, 0.29) is 5.97 Å². The van der Waals surface area contributed by atoms with Crippen LogP contribution in [-0.2, 0) is 9.63 Å². The van der Waals surface area contributed by atoms with Gasteiger partial charge in [-0.2, -0.15) is 0 Å². The molecule has 0 amide bonds. The number of hydrogen-bond acceptors (Lipinski definition) is 3. The highest BCUT2D eigenvalue weighted by molar-refractivity contribution is 5.75. The van der Waals surface area contributed by atoms with Crippen LogP contribution in [0.15, 0.2) is 0 Å². The van der Waals surface area contributed by atoms with E-state index in [9.17, 15) is 4.79 Å². The predicted molar refractivity (Wildman–Crippen MR) is 60.2 cm³/mol. The fraction of sp³-hybridized carbons (Fsp3) is 0.917. The van der Waals surface area contributed by atoms with Crippen molar-refractivity contribution < 1.29 is 9.63 Å². The van der Waals surface area contributed by atoms with Gasteiger partial charge in [0.1, 0.15) is 0 Å². The van der Waals surface area contributed by atoms with Crippen LogP contribution in [0.25, 0.3) is 0 Å². The average Bonchev–Trinajstić information content (AvgIpc) is 2.17. The lowest BCUT2D eigenvalue weighted by atomic mass is 9.97. The first kappa shape index (κ1) is 12.5. The second-order valence-corrected chi connectivity index (χ2v) is 5.33. The number of carbonyl (C=O) groups excluding carboxylic acids is 1. The summed E-state index contributed by atoms with van der Waals surface area (Å²) in [5.41, 5.74) is -0.407. The maximum Gasteiger partial charge on any atom is 0.330 e. The third-order valence-corrected chi connectivity index (χ3v) is 2.86. The zero-order chi connectivity index (χ0) is 11.5. The number of nitrogens with zero attached hydrogens (tertiary/aromatic N) is 1. The molecule has 0 aromatic rings. The summed E-state index contributed by atoms with van der Waals surface area (Å²) in [6.45, 7) is 8.70. The van der Waals surface area contributed by atoms with E-state index in [1.54, 1.807) is 0 Å². The van der Waals surface area contributed by atoms with Gasteiger partial charge < -0.3 is 4.84 Å². The normalized spacial score (nSPS) is 23.9. The molecular weight excluding hydrogens is 190 g/mol. The summed E-state index contributed by atoms with van der Waals surface area (Å²) in [5, 5.41) is 1.89. The summed E-state index contributed by atoms with van der Waals surface area (Å²) in [5.74, 6) is -0.122. The second-order valence-electron chi connectivity index (χ2n) is 5.33. The summed E-state index contributed by atoms with van der Waals surface area (Å²) >= 11 is 0. The van der Waals surface area contributed by atoms with Gasteiger partial charge in [0, 0.05) is 12.6 Å². The number of hydrogen-bond donors (Lipinski definition) is 0. The van der Waals surface area contributed by atoms with E-state index >= 15 is 0 Å². The van der Waals surface area contributed by atoms with Crippen LogP contribution in [0.2, 0.25) is 0 Å². The Kier molecular flexibility index (Phi) is 4.14. The van der Waals surface area contributed by atoms with Gasteiger partial charge in [0.25, 0.3) is 0 Å². The Labute approximate surface area is 92.7 Å². The van der Waals surface area contributed by atoms with Gasteiger partial charge in [0.15, 0.2) is 0 Å². The molecule has 1 atom stereocenters. The molecule has 1 unspecified atom stereocenters. The van der Waals surface area contributed by atoms with Crippen LogP contribution in [0.3, 0.4) is 0 Å². The van der Waals surface area contributed by atoms with Crippen LogP contribution in [-0.4, -0.2) is 23.6 Å². The minimum Gasteiger partial charge on any atom is -0.367 e. The smallest absolute Gasteiger partial charge is 0.330 e. The third-order valence-electron chi connectivity index (χ3n) is 2.86. The van der Waals surface area contributed by atoms with Crippen molar-refractivity contribution in [3.63, 3.8) is 0 Å². The predicted octanol–water partition coefficient (Wildman–Crippen LogP) is 2.76. The molecule has 0 saturated carbocycles. The second kappa shape index (κ2) is 4.97. The molecule has 0 aliphatic carbocycles. The van der Waals surface area contributed by atoms with Crippen molar-refractivity contribution >= 4 is 5.97 Å². The molecule has 0 spiro atoms. The van der Waals surface area contributed by atoms with E-state index in [1.807, 2.05) is 25.8 Å². The fourth-order valence-electron chi connectivity index (χ4n) is 1.75. The third kappa shape index (κ3) is 3.49. The largest absolute Gasteiger partial charge is 0.367 e. The molecule has 1 heterocycles. The molecule has 0 bridgehead atoms. The number of piperidine rings is 1. The van der Waals surface area contributed by atoms with Crippen LogP contribution < -0.4 is 0 Å². The maximum atomic E-state index is 11.7. The van der Waals surface area contributed by atoms with Gasteiger partial charge in [0.05, 0.1) is 5.41 Å². The van der Waals surface area contributed by atoms with E-state index in [0.717, 1.165) is 25.8 Å². The maximum absolute atomic E-state index is 11.7. The first-order chi connectivity index (χ1) is 6.95. The lowest BCUT2D eigenvalue weighted by Crippen LogP contribution is -2.42. The van der Waals surface area contributed by atoms with Gasteiger partial charge in [-0.1, -0.05) is 13.3 Å². The van der Waals surface area contributed by atoms with Crippen LogP contribution in [0.4, 0.5) is 0 Å². The average molecular weight is 213 g/mol. The number of carbonyl (C=O) groups is 1. The van der Waals surface area contributed by atoms with Crippen molar-refractivity contribution in [3.05, 3.63) is 0 Å². The molecule has 0 radical (unpaired) electrons. The van der Waals surface area contributed by atoms with Gasteiger partial charge in [-0.3, -0.25) is 0 Å². The minimum absolute atomic E-state index is 0.122. The van der Waals surface area contributed by atoms with Crippen molar-refractivity contribution in [2.75, 3.05) is 6.54 Å². The molecule has 1 fully saturated rings. The summed E-state index contributed by atoms with van der Waals surface area (Å²) in [7, 11) is 0. The Morgan fingerprint density at radius 3 is 2.60 bits per heavy atom. The summed E-state index contributed by atoms with van der Waals surface area (Å²) in [6, 6.07) is 0.421. The number of hydroxylamine groups is 2. The van der Waals surface area contributed by atoms with Crippen molar-refractivity contribution in [2.24, 2.45) is 5.41 Å². The van der Waals surface area contributed by atoms with Crippen LogP contribution in [0.5, 0.6) is 0 Å². The van der Waals surface area contributed by atoms with E-state index in [4.69, 9.17) is 4.84 Å². The monoisotopic (exact) mass is 213 g/mol. The lowest BCUT2D eigenvalue weighted by Gasteiger charge is -2.34. The Morgan fingerprint density at radius 2 is 2.07 bits per heavy atom. The van der Waals surface area contributed by atoms with Gasteiger partial charge >= 0.3 is 5.97 Å². The zero-order valence-electron chi connectivity index (χ0n) is 10.4. The molecule has 1 saturated heterocycles. The SMILES string of the molecule is CCC1CCCCN1OC(=O)C(C)(C)C. The number of rotatable bonds is 2. The minimum atomic E-state index is -0.407. The van der Waals surface area contributed by atoms with E-state index in [1.165, 1.54) is 6.42 Å². The quantitative estimate of drug-likeness (QED) is 0.706. The van der Waals surface area contributed by atoms with Gasteiger partial charge in [-0.25, -0.2) is 4.79 Å². The van der Waals surface area contributed by atoms with Gasteiger partial charge in [-0.05, 0) is 40.0 Å². The highest BCUT2D eigenvalue weighted by Crippen LogP contribution is 2.23. The van der Waals surface area contributed by atoms with Crippen molar-refractivity contribution in [2.45, 2.75) is 59.4 Å². The van der Waals surface area contributed by atoms with Crippen molar-refractivity contribution in [1.29, 1.82) is 0 Å². The molecule has 1 aliphatic heterocycles. The van der Waals surface area contributed by atoms with Gasteiger partial charge in [-0.15, -0.1) is 5.06 Å². The molecule has 88 valence electrons. The molecule has 15 heavy (non-hydrogen) atoms. The Morgan fingerprint density at radius 1 is 1.40 bits per heavy atom. The Hall–Kier alpha value is -0.570. The highest BCUT2D eigenvalue weighted by atomic mass is 16.7. The van der Waals surface area contributed by atoms with Gasteiger partial charge in [0.2, 0.25) is 0 Å². The molecule has 0 N–H and O–H groups in total. The van der Waals surface area contributed by atoms with Crippen molar-refractivity contribution in [1.82, 2.24) is 5.06 Å². The molecule has 3 heteroatoms. The topological polar surface area (TPSA) is 29.5 Å². The zero-order valence-corrected chi connectivity index (χ0v) is 10.4. The molecule has 1 aliphatic rings. The molecule has 0 aromatic heterocycles. The molecule has 1 rings (SSSR count).